The third-order valence-electron chi connectivity index (χ3n) is 4.45. The van der Waals surface area contributed by atoms with Gasteiger partial charge in [-0.1, -0.05) is 35.9 Å². The van der Waals surface area contributed by atoms with Crippen LogP contribution in [0.25, 0.3) is 10.9 Å². The fraction of sp³-hybridized carbons (Fsp3) is 0.286. The topological polar surface area (TPSA) is 74.8 Å². The Morgan fingerprint density at radius 3 is 2.77 bits per heavy atom. The number of carbonyl (C=O) groups excluding carboxylic acids is 1. The van der Waals surface area contributed by atoms with Crippen LogP contribution in [0.2, 0.25) is 0 Å². The van der Waals surface area contributed by atoms with Gasteiger partial charge in [-0.05, 0) is 43.5 Å². The summed E-state index contributed by atoms with van der Waals surface area (Å²) in [6.07, 6.45) is 1.61. The van der Waals surface area contributed by atoms with E-state index in [2.05, 4.69) is 47.3 Å². The van der Waals surface area contributed by atoms with Gasteiger partial charge in [0.15, 0.2) is 0 Å². The maximum atomic E-state index is 12.1. The molecule has 0 fully saturated rings. The molecule has 3 aromatic rings. The van der Waals surface area contributed by atoms with E-state index in [4.69, 9.17) is 0 Å². The van der Waals surface area contributed by atoms with Crippen LogP contribution in [0.15, 0.2) is 47.3 Å². The number of amides is 1. The van der Waals surface area contributed by atoms with Crippen molar-refractivity contribution in [1.82, 2.24) is 15.3 Å². The van der Waals surface area contributed by atoms with Gasteiger partial charge in [-0.2, -0.15) is 0 Å². The first kappa shape index (κ1) is 17.9. The van der Waals surface area contributed by atoms with Gasteiger partial charge in [0, 0.05) is 19.4 Å². The predicted octanol–water partition coefficient (Wildman–Crippen LogP) is 3.18. The zero-order valence-corrected chi connectivity index (χ0v) is 15.1. The minimum Gasteiger partial charge on any atom is -0.352 e. The van der Waals surface area contributed by atoms with Crippen LogP contribution in [0.4, 0.5) is 0 Å². The molecule has 5 nitrogen and oxygen atoms in total. The van der Waals surface area contributed by atoms with Gasteiger partial charge in [0.25, 0.3) is 5.56 Å². The highest BCUT2D eigenvalue weighted by molar-refractivity contribution is 5.77. The number of aryl methyl sites for hydroxylation is 3. The Labute approximate surface area is 152 Å². The Bertz CT molecular complexity index is 992. The fourth-order valence-electron chi connectivity index (χ4n) is 3.00. The Kier molecular flexibility index (Phi) is 5.46. The molecule has 134 valence electrons. The van der Waals surface area contributed by atoms with Gasteiger partial charge in [-0.25, -0.2) is 4.98 Å². The van der Waals surface area contributed by atoms with Crippen LogP contribution in [0, 0.1) is 13.8 Å². The molecule has 0 aliphatic heterocycles. The molecule has 0 unspecified atom stereocenters. The van der Waals surface area contributed by atoms with Crippen molar-refractivity contribution in [1.29, 1.82) is 0 Å². The van der Waals surface area contributed by atoms with Crippen LogP contribution in [-0.2, 0) is 17.8 Å². The van der Waals surface area contributed by atoms with Crippen LogP contribution in [0.3, 0.4) is 0 Å². The van der Waals surface area contributed by atoms with E-state index >= 15 is 0 Å². The van der Waals surface area contributed by atoms with Gasteiger partial charge in [-0.3, -0.25) is 9.59 Å². The molecular weight excluding hydrogens is 326 g/mol. The molecule has 0 atom stereocenters. The lowest BCUT2D eigenvalue weighted by molar-refractivity contribution is -0.121. The van der Waals surface area contributed by atoms with E-state index < -0.39 is 0 Å². The zero-order valence-electron chi connectivity index (χ0n) is 15.1. The monoisotopic (exact) mass is 349 g/mol. The summed E-state index contributed by atoms with van der Waals surface area (Å²) < 4.78 is 0. The number of nitrogens with one attached hydrogen (secondary N) is 2. The average Bonchev–Trinajstić information content (AvgIpc) is 2.61. The SMILES string of the molecule is Cc1ccc(CNC(=O)CCCc2nc3ccccc3c(=O)[nH]2)c(C)c1. The molecule has 0 saturated carbocycles. The number of nitrogens with zero attached hydrogens (tertiary/aromatic N) is 1. The van der Waals surface area contributed by atoms with Crippen LogP contribution >= 0.6 is 0 Å². The second kappa shape index (κ2) is 7.95. The summed E-state index contributed by atoms with van der Waals surface area (Å²) in [4.78, 5) is 31.4. The molecule has 2 N–H and O–H groups in total. The summed E-state index contributed by atoms with van der Waals surface area (Å²) in [5.74, 6) is 0.629. The van der Waals surface area contributed by atoms with Crippen LogP contribution in [0.1, 0.15) is 35.4 Å². The molecule has 0 radical (unpaired) electrons. The van der Waals surface area contributed by atoms with Crippen molar-refractivity contribution in [3.05, 3.63) is 75.3 Å². The highest BCUT2D eigenvalue weighted by Crippen LogP contribution is 2.10. The van der Waals surface area contributed by atoms with Crippen LogP contribution in [0.5, 0.6) is 0 Å². The Morgan fingerprint density at radius 1 is 1.15 bits per heavy atom. The number of carbonyl (C=O) groups is 1. The zero-order chi connectivity index (χ0) is 18.5. The number of hydrogen-bond donors (Lipinski definition) is 2. The molecule has 1 heterocycles. The van der Waals surface area contributed by atoms with Crippen LogP contribution < -0.4 is 10.9 Å². The van der Waals surface area contributed by atoms with E-state index in [1.165, 1.54) is 11.1 Å². The fourth-order valence-corrected chi connectivity index (χ4v) is 3.00. The third-order valence-corrected chi connectivity index (χ3v) is 4.45. The molecule has 0 saturated heterocycles. The molecule has 0 aliphatic carbocycles. The highest BCUT2D eigenvalue weighted by Gasteiger charge is 2.06. The molecule has 1 amide bonds. The average molecular weight is 349 g/mol. The lowest BCUT2D eigenvalue weighted by Gasteiger charge is -2.09. The normalized spacial score (nSPS) is 10.8. The van der Waals surface area contributed by atoms with Crippen molar-refractivity contribution in [2.45, 2.75) is 39.7 Å². The minimum absolute atomic E-state index is 0.00751. The molecular formula is C21H23N3O2. The van der Waals surface area contributed by atoms with Crippen molar-refractivity contribution < 1.29 is 4.79 Å². The van der Waals surface area contributed by atoms with E-state index in [-0.39, 0.29) is 11.5 Å². The Morgan fingerprint density at radius 2 is 1.96 bits per heavy atom. The van der Waals surface area contributed by atoms with Crippen molar-refractivity contribution >= 4 is 16.8 Å². The van der Waals surface area contributed by atoms with E-state index in [1.54, 1.807) is 6.07 Å². The quantitative estimate of drug-likeness (QED) is 0.718. The van der Waals surface area contributed by atoms with E-state index in [1.807, 2.05) is 18.2 Å². The molecule has 1 aromatic heterocycles. The van der Waals surface area contributed by atoms with Gasteiger partial charge >= 0.3 is 0 Å². The summed E-state index contributed by atoms with van der Waals surface area (Å²) in [5, 5.41) is 3.54. The summed E-state index contributed by atoms with van der Waals surface area (Å²) in [6.45, 7) is 4.65. The summed E-state index contributed by atoms with van der Waals surface area (Å²) in [7, 11) is 0. The lowest BCUT2D eigenvalue weighted by atomic mass is 10.1. The highest BCUT2D eigenvalue weighted by atomic mass is 16.1. The maximum absolute atomic E-state index is 12.1. The smallest absolute Gasteiger partial charge is 0.258 e. The Hall–Kier alpha value is -2.95. The number of para-hydroxylation sites is 1. The number of rotatable bonds is 6. The number of hydrogen-bond acceptors (Lipinski definition) is 3. The van der Waals surface area contributed by atoms with Gasteiger partial charge in [0.1, 0.15) is 5.82 Å². The summed E-state index contributed by atoms with van der Waals surface area (Å²) in [6, 6.07) is 13.5. The molecule has 0 bridgehead atoms. The van der Waals surface area contributed by atoms with Crippen molar-refractivity contribution in [2.75, 3.05) is 0 Å². The number of aromatic nitrogens is 2. The molecule has 5 heteroatoms. The summed E-state index contributed by atoms with van der Waals surface area (Å²) >= 11 is 0. The van der Waals surface area contributed by atoms with Crippen molar-refractivity contribution in [3.8, 4) is 0 Å². The van der Waals surface area contributed by atoms with E-state index in [0.29, 0.717) is 42.5 Å². The second-order valence-electron chi connectivity index (χ2n) is 6.59. The second-order valence-corrected chi connectivity index (χ2v) is 6.59. The van der Waals surface area contributed by atoms with E-state index in [9.17, 15) is 9.59 Å². The number of aromatic amines is 1. The first-order valence-corrected chi connectivity index (χ1v) is 8.84. The third kappa shape index (κ3) is 4.36. The number of benzene rings is 2. The van der Waals surface area contributed by atoms with Gasteiger partial charge in [-0.15, -0.1) is 0 Å². The molecule has 0 aliphatic rings. The number of H-pyrrole nitrogens is 1. The first-order valence-electron chi connectivity index (χ1n) is 8.84. The molecule has 0 spiro atoms. The minimum atomic E-state index is -0.134. The standard InChI is InChI=1S/C21H23N3O2/c1-14-10-11-16(15(2)12-14)13-22-20(25)9-5-8-19-23-18-7-4-3-6-17(18)21(26)24-19/h3-4,6-7,10-12H,5,8-9,13H2,1-2H3,(H,22,25)(H,23,24,26). The van der Waals surface area contributed by atoms with Crippen molar-refractivity contribution in [3.63, 3.8) is 0 Å². The van der Waals surface area contributed by atoms with Crippen LogP contribution in [-0.4, -0.2) is 15.9 Å². The molecule has 26 heavy (non-hydrogen) atoms. The predicted molar refractivity (Wildman–Crippen MR) is 103 cm³/mol. The first-order chi connectivity index (χ1) is 12.5. The van der Waals surface area contributed by atoms with Gasteiger partial charge < -0.3 is 10.3 Å². The maximum Gasteiger partial charge on any atom is 0.258 e. The largest absolute Gasteiger partial charge is 0.352 e. The van der Waals surface area contributed by atoms with Crippen molar-refractivity contribution in [2.24, 2.45) is 0 Å². The Balaban J connectivity index is 1.51. The van der Waals surface area contributed by atoms with Gasteiger partial charge in [0.05, 0.1) is 10.9 Å². The van der Waals surface area contributed by atoms with E-state index in [0.717, 1.165) is 5.56 Å². The lowest BCUT2D eigenvalue weighted by Crippen LogP contribution is -2.23. The van der Waals surface area contributed by atoms with Gasteiger partial charge in [0.2, 0.25) is 5.91 Å². The molecule has 3 rings (SSSR count). The summed E-state index contributed by atoms with van der Waals surface area (Å²) in [5.41, 5.74) is 4.08. The molecule has 2 aromatic carbocycles. The number of fused-ring (bicyclic) bond motifs is 1.